The van der Waals surface area contributed by atoms with Gasteiger partial charge in [0.15, 0.2) is 0 Å². The van der Waals surface area contributed by atoms with Gasteiger partial charge in [-0.2, -0.15) is 10.0 Å². The van der Waals surface area contributed by atoms with Crippen LogP contribution in [0, 0.1) is 30.3 Å². The Morgan fingerprint density at radius 2 is 1.72 bits per heavy atom. The third-order valence-corrected chi connectivity index (χ3v) is 2.56. The molecule has 0 aliphatic rings. The minimum atomic E-state index is -1.31. The molecule has 19 heteroatoms. The van der Waals surface area contributed by atoms with Crippen LogP contribution in [0.4, 0.5) is 29.2 Å². The van der Waals surface area contributed by atoms with Crippen molar-refractivity contribution in [2.45, 2.75) is 0 Å². The molecule has 0 fully saturated rings. The number of hydrogen-bond donors (Lipinski definition) is 4. The van der Waals surface area contributed by atoms with Gasteiger partial charge in [0.05, 0.1) is 10.0 Å². The lowest BCUT2D eigenvalue weighted by atomic mass is 10.5. The number of hydrogen-bond acceptors (Lipinski definition) is 12. The van der Waals surface area contributed by atoms with E-state index in [2.05, 4.69) is 25.5 Å². The molecule has 0 bridgehead atoms. The maximum Gasteiger partial charge on any atom is 0.472 e. The number of nitrogens with two attached hydrogens (primary N) is 3. The van der Waals surface area contributed by atoms with Crippen LogP contribution in [0.3, 0.4) is 0 Å². The van der Waals surface area contributed by atoms with Crippen LogP contribution >= 0.6 is 0 Å². The minimum absolute atomic E-state index is 0.218. The number of nitrogens with zero attached hydrogens (tertiary/aromatic N) is 9. The number of nitrogens with one attached hydrogen (secondary N) is 1. The van der Waals surface area contributed by atoms with Crippen molar-refractivity contribution in [2.75, 3.05) is 17.3 Å². The van der Waals surface area contributed by atoms with E-state index in [0.29, 0.717) is 5.78 Å². The van der Waals surface area contributed by atoms with E-state index in [1.165, 1.54) is 4.52 Å². The SMILES string of the molecule is Nc1nnc2n1[nH]c(N)[n+]2N.O=[N+]([O-])c1n[n-]c([N+](=O)[O-])c1[N+](=O)[O-]. The van der Waals surface area contributed by atoms with Gasteiger partial charge in [0, 0.05) is 0 Å². The number of nitro groups is 3. The molecule has 0 saturated carbocycles. The smallest absolute Gasteiger partial charge is 0.459 e. The first-order valence-electron chi connectivity index (χ1n) is 5.76. The number of rotatable bonds is 3. The van der Waals surface area contributed by atoms with Crippen LogP contribution in [-0.4, -0.2) is 39.7 Å². The Morgan fingerprint density at radius 3 is 2.20 bits per heavy atom. The molecule has 0 unspecified atom stereocenters. The van der Waals surface area contributed by atoms with Gasteiger partial charge in [-0.05, 0) is 15.1 Å². The van der Waals surface area contributed by atoms with Gasteiger partial charge >= 0.3 is 23.2 Å². The van der Waals surface area contributed by atoms with Gasteiger partial charge in [-0.1, -0.05) is 9.61 Å². The lowest BCUT2D eigenvalue weighted by molar-refractivity contribution is -0.599. The molecule has 0 aliphatic carbocycles. The molecule has 3 heterocycles. The number of aromatic nitrogens is 7. The summed E-state index contributed by atoms with van der Waals surface area (Å²) in [5.74, 6) is 3.82. The summed E-state index contributed by atoms with van der Waals surface area (Å²) in [6.45, 7) is 0. The highest BCUT2D eigenvalue weighted by atomic mass is 16.7. The second kappa shape index (κ2) is 5.90. The second-order valence-electron chi connectivity index (χ2n) is 4.03. The van der Waals surface area contributed by atoms with E-state index in [4.69, 9.17) is 17.3 Å². The van der Waals surface area contributed by atoms with E-state index in [0.717, 1.165) is 4.68 Å². The molecule has 3 aromatic rings. The molecule has 3 rings (SSSR count). The van der Waals surface area contributed by atoms with Crippen molar-refractivity contribution in [1.82, 2.24) is 30.0 Å². The number of H-pyrrole nitrogens is 1. The molecular weight excluding hydrogens is 350 g/mol. The molecule has 0 aliphatic heterocycles. The Balaban J connectivity index is 0.000000185. The summed E-state index contributed by atoms with van der Waals surface area (Å²) in [5, 5.41) is 45.8. The van der Waals surface area contributed by atoms with Gasteiger partial charge in [0.1, 0.15) is 0 Å². The van der Waals surface area contributed by atoms with Crippen molar-refractivity contribution < 1.29 is 19.4 Å². The predicted molar refractivity (Wildman–Crippen MR) is 74.0 cm³/mol. The van der Waals surface area contributed by atoms with Crippen molar-refractivity contribution in [3.8, 4) is 0 Å². The number of fused-ring (bicyclic) bond motifs is 1. The maximum atomic E-state index is 10.2. The van der Waals surface area contributed by atoms with E-state index in [9.17, 15) is 30.3 Å². The topological polar surface area (TPSA) is 284 Å². The van der Waals surface area contributed by atoms with E-state index in [1.807, 2.05) is 0 Å². The maximum absolute atomic E-state index is 10.2. The minimum Gasteiger partial charge on any atom is -0.459 e. The lowest BCUT2D eigenvalue weighted by Crippen LogP contribution is -2.46. The van der Waals surface area contributed by atoms with Gasteiger partial charge in [-0.15, -0.1) is 4.68 Å². The van der Waals surface area contributed by atoms with Crippen molar-refractivity contribution in [2.24, 2.45) is 0 Å². The summed E-state index contributed by atoms with van der Waals surface area (Å²) in [7, 11) is 0. The van der Waals surface area contributed by atoms with Crippen LogP contribution in [0.2, 0.25) is 0 Å². The molecule has 7 N–H and O–H groups in total. The zero-order valence-corrected chi connectivity index (χ0v) is 11.7. The molecule has 0 aromatic carbocycles. The summed E-state index contributed by atoms with van der Waals surface area (Å²) in [5.41, 5.74) is 9.49. The average Bonchev–Trinajstić information content (AvgIpc) is 3.18. The number of anilines is 2. The van der Waals surface area contributed by atoms with E-state index < -0.39 is 32.1 Å². The Morgan fingerprint density at radius 1 is 1.08 bits per heavy atom. The molecule has 0 atom stereocenters. The van der Waals surface area contributed by atoms with Crippen LogP contribution in [0.5, 0.6) is 0 Å². The van der Waals surface area contributed by atoms with Gasteiger partial charge in [0.2, 0.25) is 0 Å². The van der Waals surface area contributed by atoms with E-state index in [-0.39, 0.29) is 11.9 Å². The summed E-state index contributed by atoms with van der Waals surface area (Å²) < 4.78 is 2.54. The standard InChI is InChI=1S/C3H6N8.C3N5O6/c4-1-7-8-3-10(6)2(5)9-11(1)3;9-6(10)1-2(7(11)12)4-5-3(1)8(13)14/h6H2,(H4,4,5,7,9);/q;-1/p+1. The van der Waals surface area contributed by atoms with Crippen LogP contribution in [-0.2, 0) is 0 Å². The first-order valence-corrected chi connectivity index (χ1v) is 5.76. The molecule has 19 nitrogen and oxygen atoms in total. The Hall–Kier alpha value is -4.58. The van der Waals surface area contributed by atoms with Crippen LogP contribution in [0.15, 0.2) is 0 Å². The number of nitrogen functional groups attached to an aromatic ring is 3. The fraction of sp³-hybridized carbons (Fsp3) is 0. The van der Waals surface area contributed by atoms with Crippen molar-refractivity contribution >= 4 is 35.0 Å². The largest absolute Gasteiger partial charge is 0.472 e. The predicted octanol–water partition coefficient (Wildman–Crippen LogP) is -3.01. The van der Waals surface area contributed by atoms with Gasteiger partial charge in [-0.3, -0.25) is 10.1 Å². The molecule has 0 saturated heterocycles. The molecule has 0 amide bonds. The Bertz CT molecular complexity index is 949. The zero-order chi connectivity index (χ0) is 18.9. The van der Waals surface area contributed by atoms with Crippen LogP contribution in [0.1, 0.15) is 0 Å². The number of aromatic amines is 1. The van der Waals surface area contributed by atoms with Gasteiger partial charge in [-0.25, -0.2) is 0 Å². The Kier molecular flexibility index (Phi) is 3.96. The van der Waals surface area contributed by atoms with Gasteiger partial charge in [0.25, 0.3) is 11.8 Å². The second-order valence-corrected chi connectivity index (χ2v) is 4.03. The van der Waals surface area contributed by atoms with Crippen LogP contribution < -0.4 is 27.1 Å². The third kappa shape index (κ3) is 2.86. The average molecular weight is 357 g/mol. The van der Waals surface area contributed by atoms with Crippen LogP contribution in [0.25, 0.3) is 5.78 Å². The first kappa shape index (κ1) is 16.8. The fourth-order valence-corrected chi connectivity index (χ4v) is 1.53. The molecule has 0 radical (unpaired) electrons. The van der Waals surface area contributed by atoms with Crippen molar-refractivity contribution in [1.29, 1.82) is 0 Å². The highest BCUT2D eigenvalue weighted by Crippen LogP contribution is 2.32. The van der Waals surface area contributed by atoms with E-state index >= 15 is 0 Å². The molecule has 3 aromatic heterocycles. The highest BCUT2D eigenvalue weighted by Gasteiger charge is 2.36. The normalized spacial score (nSPS) is 10.2. The van der Waals surface area contributed by atoms with Crippen molar-refractivity contribution in [3.63, 3.8) is 0 Å². The summed E-state index contributed by atoms with van der Waals surface area (Å²) in [6.07, 6.45) is 0. The fourth-order valence-electron chi connectivity index (χ4n) is 1.53. The monoisotopic (exact) mass is 357 g/mol. The first-order chi connectivity index (χ1) is 11.6. The molecule has 132 valence electrons. The molecule has 25 heavy (non-hydrogen) atoms. The lowest BCUT2D eigenvalue weighted by Gasteiger charge is -1.96. The summed E-state index contributed by atoms with van der Waals surface area (Å²) in [4.78, 5) is 26.8. The molecular formula is C6H7N13O6. The third-order valence-electron chi connectivity index (χ3n) is 2.56. The summed E-state index contributed by atoms with van der Waals surface area (Å²) >= 11 is 0. The summed E-state index contributed by atoms with van der Waals surface area (Å²) in [6, 6.07) is 0. The van der Waals surface area contributed by atoms with Gasteiger partial charge < -0.3 is 37.5 Å². The molecule has 0 spiro atoms. The van der Waals surface area contributed by atoms with Crippen molar-refractivity contribution in [3.05, 3.63) is 30.3 Å². The van der Waals surface area contributed by atoms with E-state index in [1.54, 1.807) is 0 Å². The highest BCUT2D eigenvalue weighted by molar-refractivity contribution is 5.58. The zero-order valence-electron chi connectivity index (χ0n) is 11.7. The Labute approximate surface area is 133 Å². The quantitative estimate of drug-likeness (QED) is 0.157.